The summed E-state index contributed by atoms with van der Waals surface area (Å²) in [7, 11) is -0.259. The minimum atomic E-state index is -3.43. The van der Waals surface area contributed by atoms with Crippen LogP contribution >= 0.6 is 0 Å². The molecule has 1 amide bonds. The number of carboxylic acid groups (broad SMARTS) is 1. The molecule has 5 N–H and O–H groups in total. The van der Waals surface area contributed by atoms with E-state index in [0.29, 0.717) is 58.4 Å². The number of aromatic amines is 1. The summed E-state index contributed by atoms with van der Waals surface area (Å²) < 4.78 is 42.1. The number of aliphatic carboxylic acids is 1. The third kappa shape index (κ3) is 8.02. The maximum absolute atomic E-state index is 12.9. The lowest BCUT2D eigenvalue weighted by atomic mass is 9.97. The highest BCUT2D eigenvalue weighted by atomic mass is 32.2. The van der Waals surface area contributed by atoms with Crippen LogP contribution in [0.1, 0.15) is 47.2 Å². The maximum atomic E-state index is 12.9. The molecule has 0 saturated heterocycles. The number of pyridine rings is 1. The number of carbonyl (C=O) groups is 2. The van der Waals surface area contributed by atoms with E-state index in [9.17, 15) is 27.9 Å². The largest absolute Gasteiger partial charge is 0.479 e. The van der Waals surface area contributed by atoms with Gasteiger partial charge in [-0.15, -0.1) is 0 Å². The average molecular weight is 679 g/mol. The van der Waals surface area contributed by atoms with Crippen molar-refractivity contribution in [3.05, 3.63) is 99.5 Å². The Bertz CT molecular complexity index is 1980. The number of anilines is 2. The molecule has 1 aromatic heterocycles. The highest BCUT2D eigenvalue weighted by Gasteiger charge is 2.38. The molecule has 0 bridgehead atoms. The minimum Gasteiger partial charge on any atom is -0.479 e. The number of aromatic nitrogens is 1. The van der Waals surface area contributed by atoms with Gasteiger partial charge in [-0.2, -0.15) is 0 Å². The summed E-state index contributed by atoms with van der Waals surface area (Å²) in [5, 5.41) is 19.5. The Morgan fingerprint density at radius 2 is 1.81 bits per heavy atom. The number of carbonyl (C=O) groups excluding carboxylic acids is 1. The molecule has 13 nitrogen and oxygen atoms in total. The summed E-state index contributed by atoms with van der Waals surface area (Å²) in [5.41, 5.74) is 2.89. The van der Waals surface area contributed by atoms with Gasteiger partial charge in [0.1, 0.15) is 19.5 Å². The summed E-state index contributed by atoms with van der Waals surface area (Å²) in [6, 6.07) is 15.4. The molecule has 1 unspecified atom stereocenters. The molecule has 5 rings (SSSR count). The third-order valence-corrected chi connectivity index (χ3v) is 10.4. The number of rotatable bonds is 15. The Labute approximate surface area is 277 Å². The fourth-order valence-corrected chi connectivity index (χ4v) is 7.34. The van der Waals surface area contributed by atoms with E-state index in [1.807, 2.05) is 0 Å². The van der Waals surface area contributed by atoms with Gasteiger partial charge < -0.3 is 34.9 Å². The van der Waals surface area contributed by atoms with Crippen LogP contribution in [0.4, 0.5) is 16.2 Å². The van der Waals surface area contributed by atoms with E-state index in [1.54, 1.807) is 68.7 Å². The van der Waals surface area contributed by atoms with E-state index >= 15 is 0 Å². The van der Waals surface area contributed by atoms with Gasteiger partial charge >= 0.3 is 12.1 Å². The van der Waals surface area contributed by atoms with Gasteiger partial charge in [-0.1, -0.05) is 24.3 Å². The molecule has 2 atom stereocenters. The van der Waals surface area contributed by atoms with E-state index in [4.69, 9.17) is 14.2 Å². The van der Waals surface area contributed by atoms with Crippen LogP contribution in [0.15, 0.2) is 76.6 Å². The van der Waals surface area contributed by atoms with E-state index in [1.165, 1.54) is 19.2 Å². The number of aryl methyl sites for hydroxylation is 1. The molecule has 1 aliphatic carbocycles. The number of fused-ring (bicyclic) bond motifs is 1. The Morgan fingerprint density at radius 3 is 2.50 bits per heavy atom. The lowest BCUT2D eigenvalue weighted by Gasteiger charge is -2.22. The lowest BCUT2D eigenvalue weighted by molar-refractivity contribution is -0.138. The van der Waals surface area contributed by atoms with E-state index in [0.717, 1.165) is 5.39 Å². The summed E-state index contributed by atoms with van der Waals surface area (Å²) in [6.45, 7) is 1.80. The number of H-pyrrole nitrogens is 1. The summed E-state index contributed by atoms with van der Waals surface area (Å²) in [4.78, 5) is 40.3. The predicted molar refractivity (Wildman–Crippen MR) is 180 cm³/mol. The second-order valence-electron chi connectivity index (χ2n) is 11.5. The highest BCUT2D eigenvalue weighted by molar-refractivity contribution is 7.92. The number of amides is 1. The van der Waals surface area contributed by atoms with Gasteiger partial charge in [0.15, 0.2) is 15.9 Å². The van der Waals surface area contributed by atoms with Crippen LogP contribution in [-0.4, -0.2) is 63.4 Å². The van der Waals surface area contributed by atoms with Gasteiger partial charge in [-0.3, -0.25) is 10.1 Å². The zero-order valence-electron chi connectivity index (χ0n) is 26.7. The Morgan fingerprint density at radius 1 is 1.04 bits per heavy atom. The monoisotopic (exact) mass is 678 g/mol. The molecule has 14 heteroatoms. The first-order valence-electron chi connectivity index (χ1n) is 15.3. The van der Waals surface area contributed by atoms with Gasteiger partial charge in [0.05, 0.1) is 10.1 Å². The Balaban J connectivity index is 1.29. The summed E-state index contributed by atoms with van der Waals surface area (Å²) in [5.74, 6) is -1.12. The van der Waals surface area contributed by atoms with E-state index < -0.39 is 34.0 Å². The van der Waals surface area contributed by atoms with Crippen molar-refractivity contribution in [1.82, 2.24) is 10.3 Å². The molecule has 3 aromatic carbocycles. The van der Waals surface area contributed by atoms with Crippen molar-refractivity contribution in [3.8, 4) is 0 Å². The van der Waals surface area contributed by atoms with Gasteiger partial charge in [-0.25, -0.2) is 18.0 Å². The number of ether oxygens (including phenoxy) is 3. The second-order valence-corrected chi connectivity index (χ2v) is 13.7. The summed E-state index contributed by atoms with van der Waals surface area (Å²) >= 11 is 0. The van der Waals surface area contributed by atoms with Crippen LogP contribution in [0, 0.1) is 6.92 Å². The van der Waals surface area contributed by atoms with Crippen LogP contribution in [0.2, 0.25) is 0 Å². The van der Waals surface area contributed by atoms with E-state index in [-0.39, 0.29) is 29.1 Å². The fourth-order valence-electron chi connectivity index (χ4n) is 5.47. The van der Waals surface area contributed by atoms with Crippen molar-refractivity contribution in [2.45, 2.75) is 48.6 Å². The molecule has 0 aliphatic heterocycles. The van der Waals surface area contributed by atoms with E-state index in [2.05, 4.69) is 20.9 Å². The zero-order chi connectivity index (χ0) is 34.4. The predicted octanol–water partition coefficient (Wildman–Crippen LogP) is 4.64. The molecule has 0 spiro atoms. The topological polar surface area (TPSA) is 185 Å². The molecular weight excluding hydrogens is 640 g/mol. The van der Waals surface area contributed by atoms with Crippen molar-refractivity contribution in [2.24, 2.45) is 0 Å². The molecule has 1 heterocycles. The molecule has 254 valence electrons. The number of carboxylic acids is 1. The Hall–Kier alpha value is -4.76. The second kappa shape index (κ2) is 15.0. The van der Waals surface area contributed by atoms with Crippen molar-refractivity contribution in [2.75, 3.05) is 38.2 Å². The first-order valence-corrected chi connectivity index (χ1v) is 16.8. The molecular formula is C34H38N4O9S. The number of hydrogen-bond acceptors (Lipinski definition) is 10. The summed E-state index contributed by atoms with van der Waals surface area (Å²) in [6.07, 6.45) is 1.32. The number of benzene rings is 3. The maximum Gasteiger partial charge on any atom is 0.411 e. The van der Waals surface area contributed by atoms with Gasteiger partial charge in [0.25, 0.3) is 5.56 Å². The van der Waals surface area contributed by atoms with Crippen molar-refractivity contribution in [3.63, 3.8) is 0 Å². The zero-order valence-corrected chi connectivity index (χ0v) is 27.6. The number of methoxy groups -OCH3 is 1. The smallest absolute Gasteiger partial charge is 0.411 e. The molecule has 1 fully saturated rings. The molecule has 0 radical (unpaired) electrons. The van der Waals surface area contributed by atoms with Crippen molar-refractivity contribution in [1.29, 1.82) is 0 Å². The fraction of sp³-hybridized carbons (Fsp3) is 0.324. The van der Waals surface area contributed by atoms with Crippen molar-refractivity contribution >= 4 is 44.0 Å². The van der Waals surface area contributed by atoms with Crippen LogP contribution in [-0.2, 0) is 35.4 Å². The number of hydrogen-bond donors (Lipinski definition) is 5. The van der Waals surface area contributed by atoms with Crippen LogP contribution in [0.25, 0.3) is 10.8 Å². The average Bonchev–Trinajstić information content (AvgIpc) is 3.91. The number of nitrogens with one attached hydrogen (secondary N) is 4. The highest BCUT2D eigenvalue weighted by Crippen LogP contribution is 2.36. The molecule has 4 aromatic rings. The SMILES string of the molecule is CNCc1cc(NC(=O)OC[C@H](OCOC)c2ccc(C(Nc3ccc4cc[nH]c(=O)c4c3)C(=O)O)cc2C)ccc1S(=O)(=O)C1CC1. The van der Waals surface area contributed by atoms with Crippen LogP contribution < -0.4 is 21.5 Å². The van der Waals surface area contributed by atoms with Crippen molar-refractivity contribution < 1.29 is 37.3 Å². The standard InChI is InChI=1S/C34H38N4O9S/c1-20-14-22(31(33(40)41)37-25-6-4-21-12-13-36-32(39)28(21)16-25)5-10-27(20)29(47-19-45-3)18-46-34(42)38-24-7-11-30(23(15-24)17-35-2)48(43,44)26-8-9-26/h4-7,10-16,26,29,31,35,37H,8-9,17-19H2,1-3H3,(H,36,39)(H,38,42)(H,40,41)/t29-,31?/m0/s1. The van der Waals surface area contributed by atoms with Crippen LogP contribution in [0.3, 0.4) is 0 Å². The Kier molecular flexibility index (Phi) is 10.8. The normalized spacial score (nSPS) is 14.3. The quantitative estimate of drug-likeness (QED) is 0.110. The van der Waals surface area contributed by atoms with Gasteiger partial charge in [-0.05, 0) is 90.9 Å². The van der Waals surface area contributed by atoms with Crippen LogP contribution in [0.5, 0.6) is 0 Å². The number of sulfone groups is 1. The first-order chi connectivity index (χ1) is 23.0. The molecule has 48 heavy (non-hydrogen) atoms. The first kappa shape index (κ1) is 34.6. The van der Waals surface area contributed by atoms with Gasteiger partial charge in [0.2, 0.25) is 0 Å². The molecule has 1 aliphatic rings. The third-order valence-electron chi connectivity index (χ3n) is 8.00. The lowest BCUT2D eigenvalue weighted by Crippen LogP contribution is -2.22. The minimum absolute atomic E-state index is 0.0957. The molecule has 1 saturated carbocycles. The van der Waals surface area contributed by atoms with Gasteiger partial charge in [0, 0.05) is 36.6 Å².